The van der Waals surface area contributed by atoms with Crippen LogP contribution in [0.3, 0.4) is 0 Å². The molecule has 0 bridgehead atoms. The number of ether oxygens (including phenoxy) is 2. The fraction of sp³-hybridized carbons (Fsp3) is 0.913. The molecule has 0 spiro atoms. The lowest BCUT2D eigenvalue weighted by atomic mass is 9.96. The number of carbonyl (C=O) groups excluding carboxylic acids is 1. The predicted molar refractivity (Wildman–Crippen MR) is 123 cm³/mol. The predicted octanol–water partition coefficient (Wildman–Crippen LogP) is 2.39. The second-order valence-corrected chi connectivity index (χ2v) is 10.1. The summed E-state index contributed by atoms with van der Waals surface area (Å²) < 4.78 is 11.6. The van der Waals surface area contributed by atoms with E-state index < -0.39 is 5.60 Å². The van der Waals surface area contributed by atoms with Crippen molar-refractivity contribution in [3.8, 4) is 0 Å². The molecule has 178 valence electrons. The molecule has 0 radical (unpaired) electrons. The zero-order chi connectivity index (χ0) is 22.4. The Morgan fingerprint density at radius 2 is 1.97 bits per heavy atom. The summed E-state index contributed by atoms with van der Waals surface area (Å²) in [5.41, 5.74) is -0.455. The number of rotatable bonds is 5. The molecule has 0 aromatic heterocycles. The number of nitrogens with one attached hydrogen (secondary N) is 1. The van der Waals surface area contributed by atoms with Crippen molar-refractivity contribution in [1.29, 1.82) is 0 Å². The van der Waals surface area contributed by atoms with Crippen molar-refractivity contribution in [3.05, 3.63) is 0 Å². The lowest BCUT2D eigenvalue weighted by Crippen LogP contribution is -2.53. The van der Waals surface area contributed by atoms with Crippen molar-refractivity contribution >= 4 is 12.1 Å². The van der Waals surface area contributed by atoms with Crippen LogP contribution in [0.2, 0.25) is 0 Å². The largest absolute Gasteiger partial charge is 0.444 e. The lowest BCUT2D eigenvalue weighted by molar-refractivity contribution is -0.0455. The first-order valence-corrected chi connectivity index (χ1v) is 12.1. The molecule has 3 fully saturated rings. The molecule has 2 atom stereocenters. The third kappa shape index (κ3) is 6.97. The Morgan fingerprint density at radius 3 is 2.61 bits per heavy atom. The molecule has 0 aliphatic carbocycles. The van der Waals surface area contributed by atoms with Crippen LogP contribution in [0.5, 0.6) is 0 Å². The van der Waals surface area contributed by atoms with Crippen LogP contribution in [0, 0.1) is 5.92 Å². The first kappa shape index (κ1) is 24.1. The van der Waals surface area contributed by atoms with Gasteiger partial charge in [0.25, 0.3) is 0 Å². The fourth-order valence-electron chi connectivity index (χ4n) is 4.84. The normalized spacial score (nSPS) is 26.0. The molecule has 0 saturated carbocycles. The Bertz CT molecular complexity index is 613. The van der Waals surface area contributed by atoms with Gasteiger partial charge in [0, 0.05) is 52.4 Å². The molecule has 2 unspecified atom stereocenters. The van der Waals surface area contributed by atoms with Gasteiger partial charge in [-0.2, -0.15) is 0 Å². The maximum atomic E-state index is 12.4. The molecule has 31 heavy (non-hydrogen) atoms. The smallest absolute Gasteiger partial charge is 0.410 e. The van der Waals surface area contributed by atoms with Gasteiger partial charge >= 0.3 is 6.09 Å². The van der Waals surface area contributed by atoms with E-state index in [0.717, 1.165) is 58.1 Å². The topological polar surface area (TPSA) is 69.6 Å². The molecule has 0 aromatic carbocycles. The van der Waals surface area contributed by atoms with Gasteiger partial charge < -0.3 is 24.6 Å². The Hall–Kier alpha value is -1.54. The van der Waals surface area contributed by atoms with Crippen LogP contribution in [0.1, 0.15) is 53.4 Å². The number of morpholine rings is 1. The van der Waals surface area contributed by atoms with Gasteiger partial charge in [0.1, 0.15) is 5.60 Å². The van der Waals surface area contributed by atoms with E-state index >= 15 is 0 Å². The zero-order valence-electron chi connectivity index (χ0n) is 20.2. The van der Waals surface area contributed by atoms with Crippen LogP contribution in [-0.4, -0.2) is 104 Å². The summed E-state index contributed by atoms with van der Waals surface area (Å²) in [6.45, 7) is 15.0. The quantitative estimate of drug-likeness (QED) is 0.526. The van der Waals surface area contributed by atoms with E-state index in [9.17, 15) is 4.79 Å². The average Bonchev–Trinajstić information content (AvgIpc) is 3.20. The van der Waals surface area contributed by atoms with Gasteiger partial charge in [0.05, 0.1) is 12.7 Å². The number of hydrogen-bond acceptors (Lipinski definition) is 5. The van der Waals surface area contributed by atoms with Gasteiger partial charge in [-0.25, -0.2) is 4.79 Å². The molecule has 3 aliphatic heterocycles. The highest BCUT2D eigenvalue weighted by Gasteiger charge is 2.32. The second kappa shape index (κ2) is 10.9. The number of guanidine groups is 1. The monoisotopic (exact) mass is 437 g/mol. The number of fused-ring (bicyclic) bond motifs is 1. The highest BCUT2D eigenvalue weighted by Crippen LogP contribution is 2.23. The molecule has 1 N–H and O–H groups in total. The van der Waals surface area contributed by atoms with Gasteiger partial charge in [0.15, 0.2) is 5.96 Å². The van der Waals surface area contributed by atoms with E-state index in [1.165, 1.54) is 19.4 Å². The van der Waals surface area contributed by atoms with Crippen molar-refractivity contribution in [2.24, 2.45) is 10.9 Å². The van der Waals surface area contributed by atoms with E-state index in [0.29, 0.717) is 18.5 Å². The summed E-state index contributed by atoms with van der Waals surface area (Å²) in [5.74, 6) is 1.46. The number of carbonyl (C=O) groups is 1. The van der Waals surface area contributed by atoms with E-state index in [-0.39, 0.29) is 12.2 Å². The molecular weight excluding hydrogens is 394 g/mol. The number of nitrogens with zero attached hydrogens (tertiary/aromatic N) is 4. The van der Waals surface area contributed by atoms with Crippen LogP contribution in [0.4, 0.5) is 4.79 Å². The first-order chi connectivity index (χ1) is 14.8. The minimum Gasteiger partial charge on any atom is -0.444 e. The number of piperidine rings is 1. The molecule has 3 rings (SSSR count). The Kier molecular flexibility index (Phi) is 8.44. The zero-order valence-corrected chi connectivity index (χ0v) is 20.2. The van der Waals surface area contributed by atoms with E-state index in [1.807, 2.05) is 39.6 Å². The molecule has 3 saturated heterocycles. The van der Waals surface area contributed by atoms with Crippen molar-refractivity contribution in [2.45, 2.75) is 71.1 Å². The van der Waals surface area contributed by atoms with Gasteiger partial charge in [-0.1, -0.05) is 0 Å². The number of aliphatic imine (C=N–C) groups is 1. The Morgan fingerprint density at radius 1 is 1.23 bits per heavy atom. The van der Waals surface area contributed by atoms with E-state index in [4.69, 9.17) is 9.47 Å². The summed E-state index contributed by atoms with van der Waals surface area (Å²) in [7, 11) is 1.86. The summed E-state index contributed by atoms with van der Waals surface area (Å²) in [5, 5.41) is 3.54. The number of amides is 1. The average molecular weight is 438 g/mol. The molecule has 8 nitrogen and oxygen atoms in total. The maximum Gasteiger partial charge on any atom is 0.410 e. The second-order valence-electron chi connectivity index (χ2n) is 10.1. The molecule has 0 aromatic rings. The van der Waals surface area contributed by atoms with Crippen molar-refractivity contribution in [3.63, 3.8) is 0 Å². The lowest BCUT2D eigenvalue weighted by Gasteiger charge is -2.38. The summed E-state index contributed by atoms with van der Waals surface area (Å²) in [6.07, 6.45) is 4.71. The highest BCUT2D eigenvalue weighted by molar-refractivity contribution is 5.80. The standard InChI is InChI=1S/C23H43N5O3/c1-6-26(22(29)31-23(2,3)4)15-18-9-12-27(13-10-18)21(24-5)25-14-20-16-28-11-7-8-19(28)17-30-20/h18-20H,6-17H2,1-5H3,(H,24,25). The summed E-state index contributed by atoms with van der Waals surface area (Å²) >= 11 is 0. The van der Waals surface area contributed by atoms with Gasteiger partial charge in [-0.05, 0) is 65.8 Å². The van der Waals surface area contributed by atoms with Gasteiger partial charge in [0.2, 0.25) is 0 Å². The fourth-order valence-corrected chi connectivity index (χ4v) is 4.84. The minimum absolute atomic E-state index is 0.206. The molecular formula is C23H43N5O3. The van der Waals surface area contributed by atoms with E-state index in [2.05, 4.69) is 20.1 Å². The molecule has 3 heterocycles. The third-order valence-electron chi connectivity index (χ3n) is 6.59. The molecule has 3 aliphatic rings. The van der Waals surface area contributed by atoms with Crippen LogP contribution < -0.4 is 5.32 Å². The number of hydrogen-bond donors (Lipinski definition) is 1. The SMILES string of the molecule is CCN(CC1CCN(C(=NC)NCC2CN3CCCC3CO2)CC1)C(=O)OC(C)(C)C. The Balaban J connectivity index is 1.40. The minimum atomic E-state index is -0.455. The molecule has 8 heteroatoms. The number of likely N-dealkylation sites (tertiary alicyclic amines) is 1. The van der Waals surface area contributed by atoms with Crippen LogP contribution >= 0.6 is 0 Å². The summed E-state index contributed by atoms with van der Waals surface area (Å²) in [4.78, 5) is 23.7. The van der Waals surface area contributed by atoms with Gasteiger partial charge in [-0.3, -0.25) is 9.89 Å². The van der Waals surface area contributed by atoms with Crippen molar-refractivity contribution in [1.82, 2.24) is 20.0 Å². The van der Waals surface area contributed by atoms with E-state index in [1.54, 1.807) is 0 Å². The summed E-state index contributed by atoms with van der Waals surface area (Å²) in [6, 6.07) is 0.637. The van der Waals surface area contributed by atoms with Crippen molar-refractivity contribution < 1.29 is 14.3 Å². The highest BCUT2D eigenvalue weighted by atomic mass is 16.6. The maximum absolute atomic E-state index is 12.4. The third-order valence-corrected chi connectivity index (χ3v) is 6.59. The van der Waals surface area contributed by atoms with Crippen LogP contribution in [0.25, 0.3) is 0 Å². The van der Waals surface area contributed by atoms with Crippen LogP contribution in [-0.2, 0) is 9.47 Å². The van der Waals surface area contributed by atoms with Crippen molar-refractivity contribution in [2.75, 3.05) is 59.5 Å². The first-order valence-electron chi connectivity index (χ1n) is 12.1. The van der Waals surface area contributed by atoms with Gasteiger partial charge in [-0.15, -0.1) is 0 Å². The Labute approximate surface area is 188 Å². The van der Waals surface area contributed by atoms with Crippen LogP contribution in [0.15, 0.2) is 4.99 Å². The molecule has 1 amide bonds.